The van der Waals surface area contributed by atoms with Gasteiger partial charge >= 0.3 is 0 Å². The molecule has 11 aromatic rings. The predicted molar refractivity (Wildman–Crippen MR) is 293 cm³/mol. The van der Waals surface area contributed by atoms with E-state index in [1.54, 1.807) is 0 Å². The average molecular weight is 910 g/mol. The van der Waals surface area contributed by atoms with Gasteiger partial charge in [0.05, 0.1) is 10.8 Å². The van der Waals surface area contributed by atoms with E-state index in [1.807, 2.05) is 11.3 Å². The zero-order chi connectivity index (χ0) is 46.2. The molecule has 0 saturated heterocycles. The molecule has 0 aliphatic heterocycles. The van der Waals surface area contributed by atoms with Gasteiger partial charge < -0.3 is 4.90 Å². The lowest BCUT2D eigenvalue weighted by Crippen LogP contribution is -2.31. The molecule has 330 valence electrons. The van der Waals surface area contributed by atoms with Crippen molar-refractivity contribution in [2.75, 3.05) is 4.90 Å². The van der Waals surface area contributed by atoms with E-state index < -0.39 is 10.8 Å². The van der Waals surface area contributed by atoms with Crippen molar-refractivity contribution < 1.29 is 0 Å². The van der Waals surface area contributed by atoms with Gasteiger partial charge in [0.1, 0.15) is 0 Å². The van der Waals surface area contributed by atoms with Crippen molar-refractivity contribution in [2.24, 2.45) is 0 Å². The summed E-state index contributed by atoms with van der Waals surface area (Å²) in [5.41, 5.74) is 19.5. The zero-order valence-corrected chi connectivity index (χ0v) is 39.4. The van der Waals surface area contributed by atoms with E-state index in [-0.39, 0.29) is 5.92 Å². The monoisotopic (exact) mass is 909 g/mol. The molecular weight excluding hydrogens is 863 g/mol. The maximum absolute atomic E-state index is 2.54. The highest BCUT2D eigenvalue weighted by Crippen LogP contribution is 2.61. The quantitative estimate of drug-likeness (QED) is 0.147. The molecule has 0 amide bonds. The SMILES string of the molecule is C1=C(N(c2ccc(-c3ccc4sc5ccccc5c4c3)cc2)c2ccc(C3(c4ccccc4)c4ccccc4-c4ccccc43)cc2)C=C2C(C1)c1ccccc1C2(c1ccccc1)c1ccccc1. The summed E-state index contributed by atoms with van der Waals surface area (Å²) in [4.78, 5) is 2.50. The van der Waals surface area contributed by atoms with Crippen LogP contribution in [0.1, 0.15) is 56.8 Å². The Balaban J connectivity index is 0.952. The molecule has 1 heterocycles. The fourth-order valence-electron chi connectivity index (χ4n) is 12.7. The second-order valence-electron chi connectivity index (χ2n) is 19.0. The van der Waals surface area contributed by atoms with E-state index in [0.29, 0.717) is 0 Å². The second kappa shape index (κ2) is 16.2. The molecule has 1 atom stereocenters. The number of rotatable bonds is 8. The van der Waals surface area contributed by atoms with Crippen LogP contribution in [0, 0.1) is 0 Å². The number of thiophene rings is 1. The number of nitrogens with zero attached hydrogens (tertiary/aromatic N) is 1. The molecule has 2 heteroatoms. The fourth-order valence-corrected chi connectivity index (χ4v) is 13.8. The Kier molecular flexibility index (Phi) is 9.41. The van der Waals surface area contributed by atoms with Crippen molar-refractivity contribution in [1.29, 1.82) is 0 Å². The summed E-state index contributed by atoms with van der Waals surface area (Å²) in [5.74, 6) is 0.239. The van der Waals surface area contributed by atoms with Crippen LogP contribution in [0.25, 0.3) is 42.4 Å². The first-order valence-electron chi connectivity index (χ1n) is 24.5. The van der Waals surface area contributed by atoms with E-state index in [2.05, 4.69) is 272 Å². The van der Waals surface area contributed by atoms with Gasteiger partial charge in [-0.3, -0.25) is 0 Å². The largest absolute Gasteiger partial charge is 0.311 e. The van der Waals surface area contributed by atoms with E-state index >= 15 is 0 Å². The van der Waals surface area contributed by atoms with E-state index in [0.717, 1.165) is 17.8 Å². The third-order valence-corrected chi connectivity index (χ3v) is 16.8. The number of anilines is 2. The summed E-state index contributed by atoms with van der Waals surface area (Å²) >= 11 is 1.87. The Morgan fingerprint density at radius 2 is 0.871 bits per heavy atom. The van der Waals surface area contributed by atoms with Gasteiger partial charge in [0.15, 0.2) is 0 Å². The van der Waals surface area contributed by atoms with Crippen LogP contribution in [0.4, 0.5) is 11.4 Å². The summed E-state index contributed by atoms with van der Waals surface area (Å²) in [6.45, 7) is 0. The molecule has 10 aromatic carbocycles. The smallest absolute Gasteiger partial charge is 0.0713 e. The summed E-state index contributed by atoms with van der Waals surface area (Å²) in [7, 11) is 0. The number of benzene rings is 10. The molecular formula is C68H47NS. The molecule has 0 bridgehead atoms. The second-order valence-corrected chi connectivity index (χ2v) is 20.1. The van der Waals surface area contributed by atoms with Gasteiger partial charge in [0.25, 0.3) is 0 Å². The van der Waals surface area contributed by atoms with Crippen molar-refractivity contribution in [3.8, 4) is 22.3 Å². The van der Waals surface area contributed by atoms with Gasteiger partial charge in [-0.1, -0.05) is 218 Å². The third-order valence-electron chi connectivity index (χ3n) is 15.6. The molecule has 0 radical (unpaired) electrons. The topological polar surface area (TPSA) is 3.24 Å². The first-order chi connectivity index (χ1) is 34.7. The lowest BCUT2D eigenvalue weighted by atomic mass is 9.66. The van der Waals surface area contributed by atoms with Gasteiger partial charge in [-0.15, -0.1) is 11.3 Å². The highest BCUT2D eigenvalue weighted by Gasteiger charge is 2.51. The molecule has 0 spiro atoms. The third kappa shape index (κ3) is 5.97. The fraction of sp³-hybridized carbons (Fsp3) is 0.0588. The molecule has 0 fully saturated rings. The summed E-state index contributed by atoms with van der Waals surface area (Å²) < 4.78 is 2.65. The molecule has 1 aromatic heterocycles. The van der Waals surface area contributed by atoms with Crippen LogP contribution in [0.2, 0.25) is 0 Å². The highest BCUT2D eigenvalue weighted by molar-refractivity contribution is 7.25. The van der Waals surface area contributed by atoms with Gasteiger partial charge in [0, 0.05) is 43.2 Å². The van der Waals surface area contributed by atoms with Crippen molar-refractivity contribution in [3.63, 3.8) is 0 Å². The molecule has 1 unspecified atom stereocenters. The van der Waals surface area contributed by atoms with Crippen LogP contribution < -0.4 is 4.90 Å². The molecule has 0 N–H and O–H groups in total. The van der Waals surface area contributed by atoms with Crippen LogP contribution in [-0.4, -0.2) is 0 Å². The minimum atomic E-state index is -0.478. The number of allylic oxidation sites excluding steroid dienone is 3. The molecule has 70 heavy (non-hydrogen) atoms. The zero-order valence-electron chi connectivity index (χ0n) is 38.5. The predicted octanol–water partition coefficient (Wildman–Crippen LogP) is 17.6. The Morgan fingerprint density at radius 3 is 1.51 bits per heavy atom. The maximum atomic E-state index is 2.54. The summed E-state index contributed by atoms with van der Waals surface area (Å²) in [6, 6.07) is 95.2. The normalized spacial score (nSPS) is 15.9. The van der Waals surface area contributed by atoms with Crippen molar-refractivity contribution in [2.45, 2.75) is 23.2 Å². The van der Waals surface area contributed by atoms with Crippen LogP contribution in [0.5, 0.6) is 0 Å². The summed E-state index contributed by atoms with van der Waals surface area (Å²) in [6.07, 6.45) is 5.93. The number of fused-ring (bicyclic) bond motifs is 9. The number of hydrogen-bond acceptors (Lipinski definition) is 2. The van der Waals surface area contributed by atoms with Crippen LogP contribution in [0.3, 0.4) is 0 Å². The molecule has 1 nitrogen and oxygen atoms in total. The van der Waals surface area contributed by atoms with Crippen molar-refractivity contribution in [1.82, 2.24) is 0 Å². The van der Waals surface area contributed by atoms with Crippen molar-refractivity contribution >= 4 is 42.9 Å². The van der Waals surface area contributed by atoms with Crippen molar-refractivity contribution in [3.05, 3.63) is 323 Å². The van der Waals surface area contributed by atoms with Crippen LogP contribution in [-0.2, 0) is 10.8 Å². The summed E-state index contributed by atoms with van der Waals surface area (Å²) in [5, 5.41) is 2.64. The van der Waals surface area contributed by atoms with Gasteiger partial charge in [-0.25, -0.2) is 0 Å². The Morgan fingerprint density at radius 1 is 0.386 bits per heavy atom. The van der Waals surface area contributed by atoms with E-state index in [9.17, 15) is 0 Å². The molecule has 14 rings (SSSR count). The minimum Gasteiger partial charge on any atom is -0.311 e. The van der Waals surface area contributed by atoms with Gasteiger partial charge in [-0.2, -0.15) is 0 Å². The number of hydrogen-bond donors (Lipinski definition) is 0. The molecule has 3 aliphatic carbocycles. The molecule has 0 saturated carbocycles. The van der Waals surface area contributed by atoms with E-state index in [1.165, 1.54) is 98.2 Å². The Bertz CT molecular complexity index is 3760. The highest BCUT2D eigenvalue weighted by atomic mass is 32.1. The average Bonchev–Trinajstić information content (AvgIpc) is 4.07. The minimum absolute atomic E-state index is 0.239. The lowest BCUT2D eigenvalue weighted by Gasteiger charge is -2.38. The van der Waals surface area contributed by atoms with E-state index in [4.69, 9.17) is 0 Å². The van der Waals surface area contributed by atoms with Crippen LogP contribution >= 0.6 is 11.3 Å². The first kappa shape index (κ1) is 40.7. The Hall–Kier alpha value is -8.30. The maximum Gasteiger partial charge on any atom is 0.0713 e. The van der Waals surface area contributed by atoms with Gasteiger partial charge in [-0.05, 0) is 127 Å². The standard InChI is InChI=1S/C68H47NS/c1-4-18-48(19-5-1)67(61-28-14-10-24-55(61)56-25-11-15-29-62(56)67)51-35-39-53(40-36-51)69(52-37-32-46(33-38-52)47-34-43-66-60(44-47)59-27-13-17-31-65(59)70-66)54-41-42-58-57-26-12-16-30-63(57)68(64(58)45-54,49-20-6-2-7-21-49)50-22-8-3-9-23-50/h1-41,43-45,58H,42H2. The molecule has 3 aliphatic rings. The van der Waals surface area contributed by atoms with Gasteiger partial charge in [0.2, 0.25) is 0 Å². The Labute approximate surface area is 413 Å². The first-order valence-corrected chi connectivity index (χ1v) is 25.3. The lowest BCUT2D eigenvalue weighted by molar-refractivity contribution is 0.688. The van der Waals surface area contributed by atoms with Crippen LogP contribution in [0.15, 0.2) is 278 Å².